The maximum atomic E-state index is 12.7. The van der Waals surface area contributed by atoms with Crippen LogP contribution in [0.2, 0.25) is 0 Å². The fourth-order valence-corrected chi connectivity index (χ4v) is 4.12. The highest BCUT2D eigenvalue weighted by Gasteiger charge is 2.25. The Morgan fingerprint density at radius 1 is 1.17 bits per heavy atom. The van der Waals surface area contributed by atoms with Gasteiger partial charge in [-0.2, -0.15) is 0 Å². The summed E-state index contributed by atoms with van der Waals surface area (Å²) >= 11 is 1.37. The standard InChI is InChI=1S/C22H24N2O4S/c1-4-27-22(26)20-19(16-9-6-5-7-10-16)15(3)29-21(20)24-18(25)13-23-14(2)17-11-8-12-28-17/h5-12,14,23H,4,13H2,1-3H3,(H,24,25)/t14-/m0/s1. The molecular weight excluding hydrogens is 388 g/mol. The monoisotopic (exact) mass is 412 g/mol. The van der Waals surface area contributed by atoms with Crippen LogP contribution in [0.15, 0.2) is 53.1 Å². The van der Waals surface area contributed by atoms with E-state index in [1.165, 1.54) is 11.3 Å². The molecule has 1 atom stereocenters. The van der Waals surface area contributed by atoms with Crippen LogP contribution in [0.5, 0.6) is 0 Å². The lowest BCUT2D eigenvalue weighted by molar-refractivity contribution is -0.115. The van der Waals surface area contributed by atoms with Crippen LogP contribution in [0.3, 0.4) is 0 Å². The van der Waals surface area contributed by atoms with E-state index < -0.39 is 5.97 Å². The van der Waals surface area contributed by atoms with Crippen LogP contribution in [0.4, 0.5) is 5.00 Å². The molecule has 3 aromatic rings. The fourth-order valence-electron chi connectivity index (χ4n) is 3.04. The van der Waals surface area contributed by atoms with Crippen molar-refractivity contribution in [2.75, 3.05) is 18.5 Å². The van der Waals surface area contributed by atoms with E-state index in [0.717, 1.165) is 21.8 Å². The van der Waals surface area contributed by atoms with Gasteiger partial charge in [-0.1, -0.05) is 30.3 Å². The quantitative estimate of drug-likeness (QED) is 0.520. The molecule has 2 N–H and O–H groups in total. The average Bonchev–Trinajstić information content (AvgIpc) is 3.35. The van der Waals surface area contributed by atoms with Crippen LogP contribution in [0.1, 0.15) is 40.9 Å². The number of nitrogens with one attached hydrogen (secondary N) is 2. The molecule has 0 radical (unpaired) electrons. The number of anilines is 1. The van der Waals surface area contributed by atoms with Crippen molar-refractivity contribution in [3.8, 4) is 11.1 Å². The van der Waals surface area contributed by atoms with Crippen molar-refractivity contribution in [3.05, 3.63) is 64.9 Å². The van der Waals surface area contributed by atoms with Gasteiger partial charge < -0.3 is 14.5 Å². The van der Waals surface area contributed by atoms with Crippen molar-refractivity contribution >= 4 is 28.2 Å². The van der Waals surface area contributed by atoms with Crippen molar-refractivity contribution < 1.29 is 18.7 Å². The molecule has 2 aromatic heterocycles. The minimum atomic E-state index is -0.442. The van der Waals surface area contributed by atoms with E-state index in [0.29, 0.717) is 10.6 Å². The zero-order chi connectivity index (χ0) is 20.8. The van der Waals surface area contributed by atoms with Crippen LogP contribution < -0.4 is 10.6 Å². The Kier molecular flexibility index (Phi) is 6.85. The Hall–Kier alpha value is -2.90. The minimum Gasteiger partial charge on any atom is -0.468 e. The summed E-state index contributed by atoms with van der Waals surface area (Å²) in [6, 6.07) is 13.2. The molecule has 0 aliphatic rings. The average molecular weight is 413 g/mol. The van der Waals surface area contributed by atoms with Gasteiger partial charge in [0, 0.05) is 10.4 Å². The smallest absolute Gasteiger partial charge is 0.341 e. The van der Waals surface area contributed by atoms with Gasteiger partial charge in [0.1, 0.15) is 16.3 Å². The van der Waals surface area contributed by atoms with Crippen molar-refractivity contribution in [1.82, 2.24) is 5.32 Å². The molecule has 6 nitrogen and oxygen atoms in total. The van der Waals surface area contributed by atoms with Gasteiger partial charge >= 0.3 is 5.97 Å². The number of rotatable bonds is 8. The first kappa shape index (κ1) is 20.8. The number of carbonyl (C=O) groups is 2. The SMILES string of the molecule is CCOC(=O)c1c(NC(=O)CN[C@@H](C)c2ccco2)sc(C)c1-c1ccccc1. The van der Waals surface area contributed by atoms with Gasteiger partial charge in [-0.05, 0) is 38.5 Å². The van der Waals surface area contributed by atoms with Crippen LogP contribution in [-0.2, 0) is 9.53 Å². The van der Waals surface area contributed by atoms with E-state index in [4.69, 9.17) is 9.15 Å². The summed E-state index contributed by atoms with van der Waals surface area (Å²) in [5.41, 5.74) is 2.10. The first-order chi connectivity index (χ1) is 14.0. The largest absolute Gasteiger partial charge is 0.468 e. The number of thiophene rings is 1. The van der Waals surface area contributed by atoms with Gasteiger partial charge in [0.05, 0.1) is 25.5 Å². The number of hydrogen-bond donors (Lipinski definition) is 2. The van der Waals surface area contributed by atoms with E-state index in [-0.39, 0.29) is 25.1 Å². The molecule has 1 aromatic carbocycles. The molecule has 1 amide bonds. The molecule has 7 heteroatoms. The molecule has 152 valence electrons. The van der Waals surface area contributed by atoms with Crippen molar-refractivity contribution in [3.63, 3.8) is 0 Å². The third kappa shape index (κ3) is 4.93. The van der Waals surface area contributed by atoms with Crippen LogP contribution in [-0.4, -0.2) is 25.0 Å². The number of furan rings is 1. The van der Waals surface area contributed by atoms with Gasteiger partial charge in [0.15, 0.2) is 0 Å². The first-order valence-corrected chi connectivity index (χ1v) is 10.3. The zero-order valence-electron chi connectivity index (χ0n) is 16.7. The third-order valence-corrected chi connectivity index (χ3v) is 5.44. The van der Waals surface area contributed by atoms with Crippen molar-refractivity contribution in [2.45, 2.75) is 26.8 Å². The topological polar surface area (TPSA) is 80.6 Å². The first-order valence-electron chi connectivity index (χ1n) is 9.43. The van der Waals surface area contributed by atoms with E-state index >= 15 is 0 Å². The molecule has 0 saturated carbocycles. The summed E-state index contributed by atoms with van der Waals surface area (Å²) in [6.45, 7) is 5.96. The number of amides is 1. The molecule has 0 bridgehead atoms. The normalized spacial score (nSPS) is 11.8. The molecule has 0 aliphatic carbocycles. The maximum absolute atomic E-state index is 12.7. The minimum absolute atomic E-state index is 0.0851. The van der Waals surface area contributed by atoms with Crippen molar-refractivity contribution in [1.29, 1.82) is 0 Å². The van der Waals surface area contributed by atoms with E-state index in [1.807, 2.05) is 50.2 Å². The van der Waals surface area contributed by atoms with Gasteiger partial charge in [-0.25, -0.2) is 4.79 Å². The van der Waals surface area contributed by atoms with Crippen LogP contribution in [0, 0.1) is 6.92 Å². The predicted octanol–water partition coefficient (Wildman–Crippen LogP) is 4.78. The molecule has 0 spiro atoms. The summed E-state index contributed by atoms with van der Waals surface area (Å²) in [6.07, 6.45) is 1.60. The molecule has 0 aliphatic heterocycles. The second kappa shape index (κ2) is 9.54. The summed E-state index contributed by atoms with van der Waals surface area (Å²) < 4.78 is 10.6. The molecule has 29 heavy (non-hydrogen) atoms. The van der Waals surface area contributed by atoms with Gasteiger partial charge in [0.2, 0.25) is 5.91 Å². The highest BCUT2D eigenvalue weighted by Crippen LogP contribution is 2.40. The Morgan fingerprint density at radius 3 is 2.59 bits per heavy atom. The molecular formula is C22H24N2O4S. The molecule has 2 heterocycles. The predicted molar refractivity (Wildman–Crippen MR) is 114 cm³/mol. The second-order valence-electron chi connectivity index (χ2n) is 6.49. The van der Waals surface area contributed by atoms with Crippen molar-refractivity contribution in [2.24, 2.45) is 0 Å². The number of esters is 1. The number of aryl methyl sites for hydroxylation is 1. The van der Waals surface area contributed by atoms with Crippen LogP contribution in [0.25, 0.3) is 11.1 Å². The molecule has 3 rings (SSSR count). The number of hydrogen-bond acceptors (Lipinski definition) is 6. The number of benzene rings is 1. The number of carbonyl (C=O) groups excluding carboxylic acids is 2. The lowest BCUT2D eigenvalue weighted by atomic mass is 10.0. The summed E-state index contributed by atoms with van der Waals surface area (Å²) in [5, 5.41) is 6.48. The fraction of sp³-hybridized carbons (Fsp3) is 0.273. The lowest BCUT2D eigenvalue weighted by Crippen LogP contribution is -2.30. The van der Waals surface area contributed by atoms with E-state index in [1.54, 1.807) is 19.3 Å². The third-order valence-electron chi connectivity index (χ3n) is 4.42. The Balaban J connectivity index is 1.81. The highest BCUT2D eigenvalue weighted by molar-refractivity contribution is 7.17. The van der Waals surface area contributed by atoms with E-state index in [9.17, 15) is 9.59 Å². The van der Waals surface area contributed by atoms with Gasteiger partial charge in [0.25, 0.3) is 0 Å². The maximum Gasteiger partial charge on any atom is 0.341 e. The lowest BCUT2D eigenvalue weighted by Gasteiger charge is -2.12. The van der Waals surface area contributed by atoms with Gasteiger partial charge in [-0.15, -0.1) is 11.3 Å². The molecule has 0 unspecified atom stereocenters. The summed E-state index contributed by atoms with van der Waals surface area (Å²) in [7, 11) is 0. The summed E-state index contributed by atoms with van der Waals surface area (Å²) in [5.74, 6) is 0.0704. The second-order valence-corrected chi connectivity index (χ2v) is 7.71. The highest BCUT2D eigenvalue weighted by atomic mass is 32.1. The Labute approximate surface area is 173 Å². The molecule has 0 fully saturated rings. The number of ether oxygens (including phenoxy) is 1. The zero-order valence-corrected chi connectivity index (χ0v) is 17.5. The molecule has 0 saturated heterocycles. The Bertz CT molecular complexity index is 964. The van der Waals surface area contributed by atoms with E-state index in [2.05, 4.69) is 10.6 Å². The van der Waals surface area contributed by atoms with Crippen LogP contribution >= 0.6 is 11.3 Å². The Morgan fingerprint density at radius 2 is 1.93 bits per heavy atom. The van der Waals surface area contributed by atoms with Gasteiger partial charge in [-0.3, -0.25) is 10.1 Å². The summed E-state index contributed by atoms with van der Waals surface area (Å²) in [4.78, 5) is 26.1.